The van der Waals surface area contributed by atoms with Gasteiger partial charge in [-0.15, -0.1) is 0 Å². The molecule has 2 amide bonds. The van der Waals surface area contributed by atoms with Crippen molar-refractivity contribution in [2.45, 2.75) is 51.6 Å². The van der Waals surface area contributed by atoms with E-state index in [1.165, 1.54) is 0 Å². The molecule has 114 valence electrons. The highest BCUT2D eigenvalue weighted by Crippen LogP contribution is 2.41. The van der Waals surface area contributed by atoms with Gasteiger partial charge in [0.25, 0.3) is 5.91 Å². The van der Waals surface area contributed by atoms with Gasteiger partial charge in [-0.2, -0.15) is 5.10 Å². The quantitative estimate of drug-likeness (QED) is 0.917. The summed E-state index contributed by atoms with van der Waals surface area (Å²) >= 11 is 0. The third-order valence-corrected chi connectivity index (χ3v) is 4.47. The third-order valence-electron chi connectivity index (χ3n) is 4.47. The Morgan fingerprint density at radius 3 is 2.67 bits per heavy atom. The van der Waals surface area contributed by atoms with E-state index in [2.05, 4.69) is 10.4 Å². The van der Waals surface area contributed by atoms with Gasteiger partial charge >= 0.3 is 0 Å². The van der Waals surface area contributed by atoms with Crippen molar-refractivity contribution in [2.75, 3.05) is 11.4 Å². The number of aromatic nitrogens is 2. The molecule has 1 unspecified atom stereocenters. The van der Waals surface area contributed by atoms with Crippen LogP contribution in [0.5, 0.6) is 0 Å². The number of rotatable bonds is 3. The molecule has 0 bridgehead atoms. The number of carbonyl (C=O) groups excluding carboxylic acids is 2. The first-order chi connectivity index (χ1) is 9.91. The molecule has 1 N–H and O–H groups in total. The third kappa shape index (κ3) is 2.43. The Morgan fingerprint density at radius 1 is 1.38 bits per heavy atom. The van der Waals surface area contributed by atoms with Crippen molar-refractivity contribution in [2.24, 2.45) is 5.92 Å². The van der Waals surface area contributed by atoms with E-state index in [-0.39, 0.29) is 23.8 Å². The van der Waals surface area contributed by atoms with Crippen LogP contribution in [0.2, 0.25) is 0 Å². The van der Waals surface area contributed by atoms with E-state index >= 15 is 0 Å². The zero-order valence-corrected chi connectivity index (χ0v) is 12.8. The lowest BCUT2D eigenvalue weighted by Crippen LogP contribution is -2.56. The lowest BCUT2D eigenvalue weighted by Gasteiger charge is -2.31. The summed E-state index contributed by atoms with van der Waals surface area (Å²) in [5.74, 6) is 0.199. The van der Waals surface area contributed by atoms with E-state index in [1.54, 1.807) is 11.1 Å². The van der Waals surface area contributed by atoms with E-state index in [4.69, 9.17) is 0 Å². The van der Waals surface area contributed by atoms with Crippen molar-refractivity contribution >= 4 is 17.5 Å². The molecule has 2 heterocycles. The molecule has 2 aliphatic rings. The molecule has 3 rings (SSSR count). The smallest absolute Gasteiger partial charge is 0.252 e. The zero-order valence-electron chi connectivity index (χ0n) is 12.8. The van der Waals surface area contributed by atoms with Crippen LogP contribution in [-0.4, -0.2) is 33.7 Å². The van der Waals surface area contributed by atoms with Crippen molar-refractivity contribution in [1.29, 1.82) is 0 Å². The molecular formula is C15H22N4O2. The fourth-order valence-corrected chi connectivity index (χ4v) is 2.93. The van der Waals surface area contributed by atoms with E-state index < -0.39 is 5.54 Å². The maximum atomic E-state index is 12.9. The lowest BCUT2D eigenvalue weighted by atomic mass is 9.94. The average Bonchev–Trinajstić information content (AvgIpc) is 3.18. The minimum atomic E-state index is -0.770. The Bertz CT molecular complexity index is 576. The first-order valence-electron chi connectivity index (χ1n) is 7.59. The van der Waals surface area contributed by atoms with E-state index in [1.807, 2.05) is 31.6 Å². The molecule has 1 aromatic rings. The van der Waals surface area contributed by atoms with Gasteiger partial charge in [-0.1, -0.05) is 0 Å². The SMILES string of the molecule is CC(C)n1cc(N2CCC(=O)NC(C)(C3CC3)C2=O)cn1. The molecule has 1 atom stereocenters. The van der Waals surface area contributed by atoms with Gasteiger partial charge in [0.15, 0.2) is 0 Å². The topological polar surface area (TPSA) is 67.2 Å². The van der Waals surface area contributed by atoms with E-state index in [0.29, 0.717) is 13.0 Å². The molecule has 21 heavy (non-hydrogen) atoms. The molecule has 6 heteroatoms. The summed E-state index contributed by atoms with van der Waals surface area (Å²) in [6.07, 6.45) is 5.93. The molecule has 0 spiro atoms. The molecule has 1 aliphatic heterocycles. The molecular weight excluding hydrogens is 268 g/mol. The number of carbonyl (C=O) groups is 2. The number of anilines is 1. The highest BCUT2D eigenvalue weighted by Gasteiger charge is 2.51. The predicted octanol–water partition coefficient (Wildman–Crippen LogP) is 1.49. The van der Waals surface area contributed by atoms with Gasteiger partial charge in [0.1, 0.15) is 5.54 Å². The first-order valence-corrected chi connectivity index (χ1v) is 7.59. The fourth-order valence-electron chi connectivity index (χ4n) is 2.93. The van der Waals surface area contributed by atoms with Crippen molar-refractivity contribution < 1.29 is 9.59 Å². The maximum Gasteiger partial charge on any atom is 0.252 e. The Kier molecular flexibility index (Phi) is 3.26. The predicted molar refractivity (Wildman–Crippen MR) is 78.9 cm³/mol. The highest BCUT2D eigenvalue weighted by molar-refractivity contribution is 6.04. The van der Waals surface area contributed by atoms with Crippen molar-refractivity contribution in [3.8, 4) is 0 Å². The van der Waals surface area contributed by atoms with E-state index in [0.717, 1.165) is 18.5 Å². The monoisotopic (exact) mass is 290 g/mol. The Hall–Kier alpha value is -1.85. The van der Waals surface area contributed by atoms with Crippen LogP contribution >= 0.6 is 0 Å². The molecule has 1 saturated carbocycles. The second kappa shape index (κ2) is 4.86. The molecule has 1 aliphatic carbocycles. The zero-order chi connectivity index (χ0) is 15.2. The molecule has 0 aromatic carbocycles. The standard InChI is InChI=1S/C15H22N4O2/c1-10(2)19-9-12(8-16-19)18-7-6-13(20)17-15(3,14(18)21)11-4-5-11/h8-11H,4-7H2,1-3H3,(H,17,20). The van der Waals surface area contributed by atoms with Crippen LogP contribution in [0.4, 0.5) is 5.69 Å². The van der Waals surface area contributed by atoms with Gasteiger partial charge in [-0.25, -0.2) is 0 Å². The second-order valence-electron chi connectivity index (χ2n) is 6.50. The van der Waals surface area contributed by atoms with Gasteiger partial charge in [0, 0.05) is 25.2 Å². The minimum absolute atomic E-state index is 0.0147. The van der Waals surface area contributed by atoms with Gasteiger partial charge in [0.2, 0.25) is 5.91 Å². The first kappa shape index (κ1) is 14.1. The van der Waals surface area contributed by atoms with Crippen LogP contribution in [-0.2, 0) is 9.59 Å². The fraction of sp³-hybridized carbons (Fsp3) is 0.667. The Balaban J connectivity index is 1.92. The van der Waals surface area contributed by atoms with Crippen LogP contribution in [0.3, 0.4) is 0 Å². The molecule has 6 nitrogen and oxygen atoms in total. The van der Waals surface area contributed by atoms with Crippen LogP contribution in [0.1, 0.15) is 46.1 Å². The molecule has 2 fully saturated rings. The van der Waals surface area contributed by atoms with Crippen LogP contribution < -0.4 is 10.2 Å². The maximum absolute atomic E-state index is 12.9. The number of hydrogen-bond acceptors (Lipinski definition) is 3. The summed E-state index contributed by atoms with van der Waals surface area (Å²) in [6.45, 7) is 6.35. The Labute approximate surface area is 124 Å². The molecule has 1 saturated heterocycles. The highest BCUT2D eigenvalue weighted by atomic mass is 16.2. The largest absolute Gasteiger partial charge is 0.342 e. The summed E-state index contributed by atoms with van der Waals surface area (Å²) in [5, 5.41) is 7.24. The second-order valence-corrected chi connectivity index (χ2v) is 6.50. The van der Waals surface area contributed by atoms with Gasteiger partial charge in [-0.3, -0.25) is 14.3 Å². The molecule has 0 radical (unpaired) electrons. The van der Waals surface area contributed by atoms with Gasteiger partial charge in [0.05, 0.1) is 11.9 Å². The summed E-state index contributed by atoms with van der Waals surface area (Å²) < 4.78 is 1.83. The summed E-state index contributed by atoms with van der Waals surface area (Å²) in [7, 11) is 0. The number of nitrogens with one attached hydrogen (secondary N) is 1. The average molecular weight is 290 g/mol. The molecule has 1 aromatic heterocycles. The summed E-state index contributed by atoms with van der Waals surface area (Å²) in [5.41, 5.74) is 0.00475. The number of nitrogens with zero attached hydrogens (tertiary/aromatic N) is 3. The minimum Gasteiger partial charge on any atom is -0.342 e. The van der Waals surface area contributed by atoms with Crippen LogP contribution in [0, 0.1) is 5.92 Å². The summed E-state index contributed by atoms with van der Waals surface area (Å²) in [6, 6.07) is 0.246. The van der Waals surface area contributed by atoms with Gasteiger partial charge in [-0.05, 0) is 39.5 Å². The van der Waals surface area contributed by atoms with Crippen molar-refractivity contribution in [3.63, 3.8) is 0 Å². The number of amides is 2. The normalized spacial score (nSPS) is 27.0. The van der Waals surface area contributed by atoms with Crippen LogP contribution in [0.15, 0.2) is 12.4 Å². The van der Waals surface area contributed by atoms with Crippen molar-refractivity contribution in [3.05, 3.63) is 12.4 Å². The lowest BCUT2D eigenvalue weighted by molar-refractivity contribution is -0.130. The Morgan fingerprint density at radius 2 is 2.10 bits per heavy atom. The van der Waals surface area contributed by atoms with E-state index in [9.17, 15) is 9.59 Å². The van der Waals surface area contributed by atoms with Crippen LogP contribution in [0.25, 0.3) is 0 Å². The van der Waals surface area contributed by atoms with Gasteiger partial charge < -0.3 is 10.2 Å². The summed E-state index contributed by atoms with van der Waals surface area (Å²) in [4.78, 5) is 26.6. The number of hydrogen-bond donors (Lipinski definition) is 1. The van der Waals surface area contributed by atoms with Crippen molar-refractivity contribution in [1.82, 2.24) is 15.1 Å².